The van der Waals surface area contributed by atoms with Crippen molar-refractivity contribution < 1.29 is 4.39 Å². The molecule has 0 unspecified atom stereocenters. The van der Waals surface area contributed by atoms with Crippen LogP contribution in [0.4, 0.5) is 10.3 Å². The number of hydrogen-bond donors (Lipinski definition) is 1. The number of aromatic nitrogens is 3. The van der Waals surface area contributed by atoms with Gasteiger partial charge in [0.15, 0.2) is 0 Å². The second-order valence-corrected chi connectivity index (χ2v) is 6.34. The fourth-order valence-corrected chi connectivity index (χ4v) is 2.92. The van der Waals surface area contributed by atoms with Gasteiger partial charge in [0.2, 0.25) is 5.95 Å². The van der Waals surface area contributed by atoms with E-state index in [0.717, 1.165) is 22.5 Å². The molecular weight excluding hydrogens is 351 g/mol. The van der Waals surface area contributed by atoms with Crippen LogP contribution in [-0.4, -0.2) is 15.0 Å². The summed E-state index contributed by atoms with van der Waals surface area (Å²) >= 11 is 5.95. The van der Waals surface area contributed by atoms with Gasteiger partial charge < -0.3 is 5.73 Å². The monoisotopic (exact) mass is 364 g/mol. The predicted molar refractivity (Wildman–Crippen MR) is 101 cm³/mol. The van der Waals surface area contributed by atoms with Crippen molar-refractivity contribution in [2.45, 2.75) is 6.42 Å². The molecule has 2 heterocycles. The Bertz CT molecular complexity index is 1080. The molecule has 4 aromatic rings. The highest BCUT2D eigenvalue weighted by molar-refractivity contribution is 6.30. The quantitative estimate of drug-likeness (QED) is 0.574. The minimum Gasteiger partial charge on any atom is -0.368 e. The van der Waals surface area contributed by atoms with E-state index >= 15 is 0 Å². The first-order valence-corrected chi connectivity index (χ1v) is 8.40. The van der Waals surface area contributed by atoms with E-state index < -0.39 is 0 Å². The van der Waals surface area contributed by atoms with Crippen LogP contribution in [0.1, 0.15) is 11.3 Å². The molecule has 0 aliphatic carbocycles. The Morgan fingerprint density at radius 1 is 0.846 bits per heavy atom. The first-order valence-electron chi connectivity index (χ1n) is 8.02. The lowest BCUT2D eigenvalue weighted by Crippen LogP contribution is -2.03. The fourth-order valence-electron chi connectivity index (χ4n) is 2.79. The first-order chi connectivity index (χ1) is 12.6. The minimum atomic E-state index is -0.283. The van der Waals surface area contributed by atoms with E-state index in [2.05, 4.69) is 9.97 Å². The second-order valence-electron chi connectivity index (χ2n) is 5.90. The number of nitrogens with two attached hydrogens (primary N) is 1. The molecular formula is C20H14ClFN4. The molecule has 0 amide bonds. The van der Waals surface area contributed by atoms with Gasteiger partial charge in [-0.1, -0.05) is 23.7 Å². The van der Waals surface area contributed by atoms with Crippen molar-refractivity contribution in [2.75, 3.05) is 5.73 Å². The molecule has 0 saturated heterocycles. The minimum absolute atomic E-state index is 0.206. The van der Waals surface area contributed by atoms with Gasteiger partial charge >= 0.3 is 0 Å². The van der Waals surface area contributed by atoms with Crippen molar-refractivity contribution >= 4 is 28.6 Å². The van der Waals surface area contributed by atoms with Crippen LogP contribution in [0.2, 0.25) is 5.02 Å². The Morgan fingerprint density at radius 3 is 2.31 bits per heavy atom. The first kappa shape index (κ1) is 16.4. The summed E-state index contributed by atoms with van der Waals surface area (Å²) < 4.78 is 13.2. The normalized spacial score (nSPS) is 11.0. The summed E-state index contributed by atoms with van der Waals surface area (Å²) in [5, 5.41) is 0.678. The zero-order valence-electron chi connectivity index (χ0n) is 13.7. The van der Waals surface area contributed by atoms with Gasteiger partial charge in [-0.25, -0.2) is 19.3 Å². The third-order valence-electron chi connectivity index (χ3n) is 4.06. The number of fused-ring (bicyclic) bond motifs is 1. The lowest BCUT2D eigenvalue weighted by atomic mass is 10.1. The Kier molecular flexibility index (Phi) is 4.22. The summed E-state index contributed by atoms with van der Waals surface area (Å²) in [5.41, 5.74) is 10.5. The van der Waals surface area contributed by atoms with E-state index in [1.54, 1.807) is 12.1 Å². The molecule has 0 aliphatic rings. The van der Waals surface area contributed by atoms with Crippen LogP contribution < -0.4 is 5.73 Å². The molecule has 128 valence electrons. The number of rotatable bonds is 3. The number of benzene rings is 2. The molecule has 4 nitrogen and oxygen atoms in total. The molecule has 4 rings (SSSR count). The molecule has 2 aromatic heterocycles. The topological polar surface area (TPSA) is 64.7 Å². The van der Waals surface area contributed by atoms with Crippen LogP contribution in [-0.2, 0) is 6.42 Å². The van der Waals surface area contributed by atoms with Crippen molar-refractivity contribution in [2.24, 2.45) is 0 Å². The van der Waals surface area contributed by atoms with Gasteiger partial charge in [0.05, 0.1) is 16.9 Å². The van der Waals surface area contributed by atoms with Gasteiger partial charge in [-0.3, -0.25) is 0 Å². The van der Waals surface area contributed by atoms with Gasteiger partial charge in [-0.05, 0) is 54.1 Å². The highest BCUT2D eigenvalue weighted by Crippen LogP contribution is 2.24. The van der Waals surface area contributed by atoms with Crippen LogP contribution in [0, 0.1) is 5.82 Å². The zero-order chi connectivity index (χ0) is 18.1. The van der Waals surface area contributed by atoms with Gasteiger partial charge in [0.25, 0.3) is 0 Å². The molecule has 0 fully saturated rings. The van der Waals surface area contributed by atoms with Gasteiger partial charge in [-0.15, -0.1) is 0 Å². The van der Waals surface area contributed by atoms with Gasteiger partial charge in [0.1, 0.15) is 11.3 Å². The third-order valence-corrected chi connectivity index (χ3v) is 4.31. The molecule has 26 heavy (non-hydrogen) atoms. The number of anilines is 1. The number of hydrogen-bond acceptors (Lipinski definition) is 4. The van der Waals surface area contributed by atoms with Crippen molar-refractivity contribution in [1.29, 1.82) is 0 Å². The van der Waals surface area contributed by atoms with E-state index in [-0.39, 0.29) is 11.8 Å². The van der Waals surface area contributed by atoms with E-state index in [4.69, 9.17) is 22.3 Å². The Hall–Kier alpha value is -3.05. The lowest BCUT2D eigenvalue weighted by Gasteiger charge is -2.09. The van der Waals surface area contributed by atoms with Crippen molar-refractivity contribution in [1.82, 2.24) is 15.0 Å². The maximum absolute atomic E-state index is 13.2. The van der Waals surface area contributed by atoms with E-state index in [1.165, 1.54) is 12.1 Å². The van der Waals surface area contributed by atoms with Crippen LogP contribution in [0.5, 0.6) is 0 Å². The number of halogens is 2. The van der Waals surface area contributed by atoms with Crippen LogP contribution in [0.25, 0.3) is 22.3 Å². The molecule has 0 bridgehead atoms. The number of pyridine rings is 1. The van der Waals surface area contributed by atoms with Crippen LogP contribution >= 0.6 is 11.6 Å². The van der Waals surface area contributed by atoms with Crippen molar-refractivity contribution in [3.05, 3.63) is 82.8 Å². The summed E-state index contributed by atoms with van der Waals surface area (Å²) in [6.45, 7) is 0. The summed E-state index contributed by atoms with van der Waals surface area (Å²) in [6.07, 6.45) is 0.556. The standard InChI is InChI=1S/C20H14ClFN4/c21-14-5-1-12(2-6-14)11-18-19-17(25-20(23)26-18)10-9-16(24-19)13-3-7-15(22)8-4-13/h1-10H,11H2,(H2,23,25,26). The van der Waals surface area contributed by atoms with E-state index in [1.807, 2.05) is 36.4 Å². The second kappa shape index (κ2) is 6.69. The smallest absolute Gasteiger partial charge is 0.220 e. The highest BCUT2D eigenvalue weighted by Gasteiger charge is 2.11. The van der Waals surface area contributed by atoms with Crippen molar-refractivity contribution in [3.8, 4) is 11.3 Å². The third kappa shape index (κ3) is 3.34. The molecule has 0 spiro atoms. The largest absolute Gasteiger partial charge is 0.368 e. The zero-order valence-corrected chi connectivity index (χ0v) is 14.4. The maximum Gasteiger partial charge on any atom is 0.220 e. The number of nitrogen functional groups attached to an aromatic ring is 1. The fraction of sp³-hybridized carbons (Fsp3) is 0.0500. The Labute approximate surface area is 154 Å². The summed E-state index contributed by atoms with van der Waals surface area (Å²) in [6, 6.07) is 17.5. The number of nitrogens with zero attached hydrogens (tertiary/aromatic N) is 3. The predicted octanol–water partition coefficient (Wildman–Crippen LogP) is 4.66. The Morgan fingerprint density at radius 2 is 1.58 bits per heavy atom. The summed E-state index contributed by atoms with van der Waals surface area (Å²) in [4.78, 5) is 13.3. The molecule has 0 saturated carbocycles. The summed E-state index contributed by atoms with van der Waals surface area (Å²) in [7, 11) is 0. The molecule has 0 atom stereocenters. The average molecular weight is 365 g/mol. The molecule has 2 aromatic carbocycles. The Balaban J connectivity index is 1.81. The van der Waals surface area contributed by atoms with Crippen LogP contribution in [0.15, 0.2) is 60.7 Å². The average Bonchev–Trinajstić information content (AvgIpc) is 2.64. The molecule has 2 N–H and O–H groups in total. The maximum atomic E-state index is 13.2. The highest BCUT2D eigenvalue weighted by atomic mass is 35.5. The van der Waals surface area contributed by atoms with Crippen molar-refractivity contribution in [3.63, 3.8) is 0 Å². The molecule has 0 aliphatic heterocycles. The van der Waals surface area contributed by atoms with Gasteiger partial charge in [-0.2, -0.15) is 0 Å². The van der Waals surface area contributed by atoms with E-state index in [0.29, 0.717) is 22.5 Å². The van der Waals surface area contributed by atoms with Crippen LogP contribution in [0.3, 0.4) is 0 Å². The lowest BCUT2D eigenvalue weighted by molar-refractivity contribution is 0.628. The molecule has 0 radical (unpaired) electrons. The molecule has 6 heteroatoms. The van der Waals surface area contributed by atoms with Gasteiger partial charge in [0, 0.05) is 17.0 Å². The summed E-state index contributed by atoms with van der Waals surface area (Å²) in [5.74, 6) is -0.0770. The SMILES string of the molecule is Nc1nc(Cc2ccc(Cl)cc2)c2nc(-c3ccc(F)cc3)ccc2n1. The van der Waals surface area contributed by atoms with E-state index in [9.17, 15) is 4.39 Å².